The van der Waals surface area contributed by atoms with Gasteiger partial charge in [0.1, 0.15) is 5.60 Å². The van der Waals surface area contributed by atoms with Gasteiger partial charge in [-0.05, 0) is 45.7 Å². The van der Waals surface area contributed by atoms with Crippen LogP contribution in [0.3, 0.4) is 0 Å². The number of hydrogen-bond donors (Lipinski definition) is 1. The normalized spacial score (nSPS) is 14.7. The molecular formula is C22H32N2O5. The molecule has 0 spiro atoms. The lowest BCUT2D eigenvalue weighted by molar-refractivity contribution is -0.147. The molecule has 0 bridgehead atoms. The summed E-state index contributed by atoms with van der Waals surface area (Å²) < 4.78 is 10.3. The largest absolute Gasteiger partial charge is 0.455 e. The molecule has 1 aliphatic carbocycles. The van der Waals surface area contributed by atoms with Crippen LogP contribution >= 0.6 is 0 Å². The average Bonchev–Trinajstić information content (AvgIpc) is 2.67. The number of esters is 1. The third-order valence-electron chi connectivity index (χ3n) is 4.60. The van der Waals surface area contributed by atoms with Gasteiger partial charge in [-0.1, -0.05) is 37.5 Å². The number of amides is 2. The van der Waals surface area contributed by atoms with Gasteiger partial charge in [0.25, 0.3) is 5.91 Å². The maximum absolute atomic E-state index is 12.8. The molecule has 0 aliphatic heterocycles. The van der Waals surface area contributed by atoms with Crippen molar-refractivity contribution in [1.29, 1.82) is 0 Å². The number of para-hydroxylation sites is 1. The number of carbonyl (C=O) groups excluding carboxylic acids is 3. The van der Waals surface area contributed by atoms with Crippen molar-refractivity contribution in [2.24, 2.45) is 0 Å². The zero-order chi connectivity index (χ0) is 21.3. The predicted octanol–water partition coefficient (Wildman–Crippen LogP) is 3.81. The third kappa shape index (κ3) is 8.13. The topological polar surface area (TPSA) is 84.9 Å². The molecule has 7 nitrogen and oxygen atoms in total. The number of hydrogen-bond acceptors (Lipinski definition) is 5. The van der Waals surface area contributed by atoms with Gasteiger partial charge in [0.15, 0.2) is 6.61 Å². The van der Waals surface area contributed by atoms with Crippen LogP contribution < -0.4 is 10.2 Å². The fraction of sp³-hybridized carbons (Fsp3) is 0.591. The number of rotatable bonds is 7. The van der Waals surface area contributed by atoms with E-state index >= 15 is 0 Å². The minimum Gasteiger partial charge on any atom is -0.455 e. The van der Waals surface area contributed by atoms with Crippen LogP contribution in [0, 0.1) is 0 Å². The highest BCUT2D eigenvalue weighted by Gasteiger charge is 2.27. The Hall–Kier alpha value is -2.57. The van der Waals surface area contributed by atoms with Gasteiger partial charge in [-0.2, -0.15) is 0 Å². The quantitative estimate of drug-likeness (QED) is 0.699. The Morgan fingerprint density at radius 1 is 1.07 bits per heavy atom. The molecule has 0 aromatic heterocycles. The molecule has 0 saturated heterocycles. The minimum atomic E-state index is -0.600. The number of alkyl carbamates (subject to hydrolysis) is 1. The molecule has 0 unspecified atom stereocenters. The van der Waals surface area contributed by atoms with Crippen molar-refractivity contribution in [3.05, 3.63) is 30.3 Å². The van der Waals surface area contributed by atoms with Crippen molar-refractivity contribution in [3.63, 3.8) is 0 Å². The Balaban J connectivity index is 1.83. The maximum atomic E-state index is 12.8. The number of benzene rings is 1. The summed E-state index contributed by atoms with van der Waals surface area (Å²) in [5.41, 5.74) is 0.226. The first-order valence-corrected chi connectivity index (χ1v) is 10.3. The lowest BCUT2D eigenvalue weighted by Crippen LogP contribution is -2.44. The van der Waals surface area contributed by atoms with Gasteiger partial charge >= 0.3 is 12.1 Å². The van der Waals surface area contributed by atoms with E-state index in [1.54, 1.807) is 25.7 Å². The maximum Gasteiger partial charge on any atom is 0.407 e. The monoisotopic (exact) mass is 404 g/mol. The number of nitrogens with one attached hydrogen (secondary N) is 1. The Bertz CT molecular complexity index is 678. The zero-order valence-electron chi connectivity index (χ0n) is 17.6. The van der Waals surface area contributed by atoms with Crippen molar-refractivity contribution in [1.82, 2.24) is 5.32 Å². The SMILES string of the molecule is CC(C)(C)OC(=O)NCCC(=O)OCC(=O)N(c1ccccc1)C1CCCCC1. The van der Waals surface area contributed by atoms with Crippen molar-refractivity contribution >= 4 is 23.7 Å². The minimum absolute atomic E-state index is 0.0265. The molecule has 0 heterocycles. The number of carbonyl (C=O) groups is 3. The summed E-state index contributed by atoms with van der Waals surface area (Å²) in [6, 6.07) is 9.63. The van der Waals surface area contributed by atoms with Crippen LogP contribution in [0.1, 0.15) is 59.3 Å². The van der Waals surface area contributed by atoms with Crippen molar-refractivity contribution in [2.75, 3.05) is 18.1 Å². The molecular weight excluding hydrogens is 372 g/mol. The van der Waals surface area contributed by atoms with E-state index in [4.69, 9.17) is 9.47 Å². The van der Waals surface area contributed by atoms with Gasteiger partial charge in [0, 0.05) is 18.3 Å². The molecule has 29 heavy (non-hydrogen) atoms. The molecule has 7 heteroatoms. The lowest BCUT2D eigenvalue weighted by Gasteiger charge is -2.34. The van der Waals surface area contributed by atoms with Crippen LogP contribution in [0.4, 0.5) is 10.5 Å². The zero-order valence-corrected chi connectivity index (χ0v) is 17.6. The first-order valence-electron chi connectivity index (χ1n) is 10.3. The van der Waals surface area contributed by atoms with Gasteiger partial charge in [-0.3, -0.25) is 9.59 Å². The highest BCUT2D eigenvalue weighted by Crippen LogP contribution is 2.27. The summed E-state index contributed by atoms with van der Waals surface area (Å²) in [7, 11) is 0. The molecule has 0 radical (unpaired) electrons. The van der Waals surface area contributed by atoms with E-state index in [2.05, 4.69) is 5.32 Å². The fourth-order valence-electron chi connectivity index (χ4n) is 3.35. The summed E-state index contributed by atoms with van der Waals surface area (Å²) >= 11 is 0. The Labute approximate surface area is 172 Å². The molecule has 1 N–H and O–H groups in total. The van der Waals surface area contributed by atoms with E-state index in [9.17, 15) is 14.4 Å². The smallest absolute Gasteiger partial charge is 0.407 e. The number of nitrogens with zero attached hydrogens (tertiary/aromatic N) is 1. The molecule has 1 aliphatic rings. The van der Waals surface area contributed by atoms with E-state index in [-0.39, 0.29) is 31.5 Å². The molecule has 1 fully saturated rings. The molecule has 0 atom stereocenters. The molecule has 2 amide bonds. The van der Waals surface area contributed by atoms with E-state index in [1.165, 1.54) is 6.42 Å². The van der Waals surface area contributed by atoms with Gasteiger partial charge in [-0.15, -0.1) is 0 Å². The van der Waals surface area contributed by atoms with Gasteiger partial charge in [-0.25, -0.2) is 4.79 Å². The summed E-state index contributed by atoms with van der Waals surface area (Å²) in [6.45, 7) is 5.06. The average molecular weight is 405 g/mol. The van der Waals surface area contributed by atoms with Gasteiger partial charge < -0.3 is 19.7 Å². The van der Waals surface area contributed by atoms with Crippen LogP contribution in [0.2, 0.25) is 0 Å². The van der Waals surface area contributed by atoms with Crippen LogP contribution in [-0.4, -0.2) is 42.8 Å². The lowest BCUT2D eigenvalue weighted by atomic mass is 9.93. The van der Waals surface area contributed by atoms with Crippen LogP contribution in [0.15, 0.2) is 30.3 Å². The molecule has 1 saturated carbocycles. The molecule has 1 aromatic carbocycles. The molecule has 2 rings (SSSR count). The highest BCUT2D eigenvalue weighted by molar-refractivity contribution is 5.95. The number of ether oxygens (including phenoxy) is 2. The standard InChI is InChI=1S/C22H32N2O5/c1-22(2,3)29-21(27)23-15-14-20(26)28-16-19(25)24(17-10-6-4-7-11-17)18-12-8-5-9-13-18/h4,6-7,10-11,18H,5,8-9,12-16H2,1-3H3,(H,23,27). The van der Waals surface area contributed by atoms with Gasteiger partial charge in [0.2, 0.25) is 0 Å². The van der Waals surface area contributed by atoms with Crippen molar-refractivity contribution < 1.29 is 23.9 Å². The van der Waals surface area contributed by atoms with E-state index in [0.717, 1.165) is 31.4 Å². The number of anilines is 1. The Morgan fingerprint density at radius 2 is 1.72 bits per heavy atom. The van der Waals surface area contributed by atoms with E-state index in [1.807, 2.05) is 30.3 Å². The van der Waals surface area contributed by atoms with Crippen LogP contribution in [-0.2, 0) is 19.1 Å². The summed E-state index contributed by atoms with van der Waals surface area (Å²) in [5, 5.41) is 2.50. The first kappa shape index (κ1) is 22.7. The predicted molar refractivity (Wildman–Crippen MR) is 111 cm³/mol. The second-order valence-corrected chi connectivity index (χ2v) is 8.23. The molecule has 1 aromatic rings. The van der Waals surface area contributed by atoms with E-state index < -0.39 is 17.7 Å². The van der Waals surface area contributed by atoms with E-state index in [0.29, 0.717) is 0 Å². The molecule has 160 valence electrons. The first-order chi connectivity index (χ1) is 13.8. The fourth-order valence-corrected chi connectivity index (χ4v) is 3.35. The van der Waals surface area contributed by atoms with Gasteiger partial charge in [0.05, 0.1) is 6.42 Å². The second-order valence-electron chi connectivity index (χ2n) is 8.23. The highest BCUT2D eigenvalue weighted by atomic mass is 16.6. The Kier molecular flexibility index (Phi) is 8.49. The summed E-state index contributed by atoms with van der Waals surface area (Å²) in [4.78, 5) is 38.2. The summed E-state index contributed by atoms with van der Waals surface area (Å²) in [6.07, 6.45) is 4.67. The van der Waals surface area contributed by atoms with Crippen molar-refractivity contribution in [2.45, 2.75) is 70.9 Å². The summed E-state index contributed by atoms with van der Waals surface area (Å²) in [5.74, 6) is -0.761. The second kappa shape index (κ2) is 10.8. The van der Waals surface area contributed by atoms with Crippen LogP contribution in [0.5, 0.6) is 0 Å². The Morgan fingerprint density at radius 3 is 2.34 bits per heavy atom. The van der Waals surface area contributed by atoms with Crippen LogP contribution in [0.25, 0.3) is 0 Å². The third-order valence-corrected chi connectivity index (χ3v) is 4.60. The van der Waals surface area contributed by atoms with Crippen molar-refractivity contribution in [3.8, 4) is 0 Å².